The molecule has 0 radical (unpaired) electrons. The normalized spacial score (nSPS) is 10.2. The maximum absolute atomic E-state index is 12.5. The number of pyridine rings is 3. The summed E-state index contributed by atoms with van der Waals surface area (Å²) < 4.78 is 5.60. The molecule has 0 saturated heterocycles. The summed E-state index contributed by atoms with van der Waals surface area (Å²) in [6, 6.07) is 10.6. The second-order valence-electron chi connectivity index (χ2n) is 5.20. The zero-order valence-electron chi connectivity index (χ0n) is 13.4. The van der Waals surface area contributed by atoms with Gasteiger partial charge in [0.15, 0.2) is 0 Å². The predicted octanol–water partition coefficient (Wildman–Crippen LogP) is 3.25. The minimum absolute atomic E-state index is 0.168. The molecule has 3 rings (SSSR count). The number of aromatic nitrogens is 3. The fourth-order valence-corrected chi connectivity index (χ4v) is 2.07. The van der Waals surface area contributed by atoms with E-state index in [9.17, 15) is 4.79 Å². The molecule has 3 heterocycles. The predicted molar refractivity (Wildman–Crippen MR) is 90.3 cm³/mol. The highest BCUT2D eigenvalue weighted by Gasteiger charge is 2.14. The van der Waals surface area contributed by atoms with E-state index < -0.39 is 0 Å². The van der Waals surface area contributed by atoms with Gasteiger partial charge in [0.05, 0.1) is 23.6 Å². The molecule has 0 aromatic carbocycles. The molecular weight excluding hydrogens is 304 g/mol. The Bertz CT molecular complexity index is 818. The van der Waals surface area contributed by atoms with Crippen LogP contribution in [0.5, 0.6) is 11.6 Å². The van der Waals surface area contributed by atoms with Crippen molar-refractivity contribution in [3.05, 3.63) is 72.4 Å². The molecule has 1 amide bonds. The first-order valence-corrected chi connectivity index (χ1v) is 7.38. The monoisotopic (exact) mass is 320 g/mol. The first kappa shape index (κ1) is 15.6. The van der Waals surface area contributed by atoms with Crippen molar-refractivity contribution in [2.24, 2.45) is 0 Å². The first-order valence-electron chi connectivity index (χ1n) is 7.38. The Morgan fingerprint density at radius 2 is 1.92 bits per heavy atom. The van der Waals surface area contributed by atoms with Crippen LogP contribution >= 0.6 is 0 Å². The van der Waals surface area contributed by atoms with Gasteiger partial charge in [0.1, 0.15) is 5.75 Å². The Morgan fingerprint density at radius 1 is 1.04 bits per heavy atom. The summed E-state index contributed by atoms with van der Waals surface area (Å²) in [6.07, 6.45) is 6.42. The van der Waals surface area contributed by atoms with Gasteiger partial charge in [-0.15, -0.1) is 0 Å². The molecule has 0 saturated carbocycles. The molecule has 3 aromatic rings. The quantitative estimate of drug-likeness (QED) is 0.738. The number of nitrogens with zero attached hydrogens (tertiary/aromatic N) is 4. The number of amides is 1. The molecule has 0 atom stereocenters. The van der Waals surface area contributed by atoms with Gasteiger partial charge in [-0.3, -0.25) is 14.8 Å². The van der Waals surface area contributed by atoms with Crippen molar-refractivity contribution in [2.45, 2.75) is 6.92 Å². The summed E-state index contributed by atoms with van der Waals surface area (Å²) in [4.78, 5) is 26.3. The summed E-state index contributed by atoms with van der Waals surface area (Å²) in [5.74, 6) is 0.833. The van der Waals surface area contributed by atoms with Crippen LogP contribution in [0.1, 0.15) is 16.1 Å². The third-order valence-electron chi connectivity index (χ3n) is 3.43. The van der Waals surface area contributed by atoms with Crippen LogP contribution in [0.2, 0.25) is 0 Å². The van der Waals surface area contributed by atoms with E-state index in [2.05, 4.69) is 15.0 Å². The van der Waals surface area contributed by atoms with Crippen LogP contribution in [0.15, 0.2) is 61.2 Å². The summed E-state index contributed by atoms with van der Waals surface area (Å²) in [6.45, 7) is 1.90. The van der Waals surface area contributed by atoms with Crippen LogP contribution < -0.4 is 9.64 Å². The fraction of sp³-hybridized carbons (Fsp3) is 0.111. The van der Waals surface area contributed by atoms with Crippen molar-refractivity contribution in [2.75, 3.05) is 11.9 Å². The molecule has 0 aliphatic carbocycles. The number of ether oxygens (including phenoxy) is 1. The van der Waals surface area contributed by atoms with E-state index in [1.165, 1.54) is 11.1 Å². The highest BCUT2D eigenvalue weighted by atomic mass is 16.5. The van der Waals surface area contributed by atoms with Crippen LogP contribution in [0.4, 0.5) is 5.69 Å². The lowest BCUT2D eigenvalue weighted by molar-refractivity contribution is 0.0992. The van der Waals surface area contributed by atoms with Crippen molar-refractivity contribution in [1.29, 1.82) is 0 Å². The zero-order valence-corrected chi connectivity index (χ0v) is 13.4. The van der Waals surface area contributed by atoms with Gasteiger partial charge >= 0.3 is 0 Å². The Morgan fingerprint density at radius 3 is 2.54 bits per heavy atom. The molecule has 0 N–H and O–H groups in total. The molecule has 6 nitrogen and oxygen atoms in total. The van der Waals surface area contributed by atoms with Gasteiger partial charge in [0.2, 0.25) is 5.88 Å². The molecule has 120 valence electrons. The lowest BCUT2D eigenvalue weighted by Gasteiger charge is -2.16. The van der Waals surface area contributed by atoms with E-state index in [1.54, 1.807) is 43.8 Å². The van der Waals surface area contributed by atoms with E-state index >= 15 is 0 Å². The van der Waals surface area contributed by atoms with Gasteiger partial charge < -0.3 is 9.64 Å². The van der Waals surface area contributed by atoms with E-state index in [1.807, 2.05) is 25.1 Å². The smallest absolute Gasteiger partial charge is 0.259 e. The van der Waals surface area contributed by atoms with Gasteiger partial charge in [0.25, 0.3) is 5.91 Å². The summed E-state index contributed by atoms with van der Waals surface area (Å²) in [5, 5.41) is 0. The number of anilines is 1. The molecule has 0 aliphatic rings. The van der Waals surface area contributed by atoms with Crippen LogP contribution in [-0.4, -0.2) is 27.9 Å². The van der Waals surface area contributed by atoms with E-state index in [-0.39, 0.29) is 5.91 Å². The molecule has 6 heteroatoms. The van der Waals surface area contributed by atoms with Gasteiger partial charge in [-0.25, -0.2) is 4.98 Å². The second kappa shape index (κ2) is 6.87. The van der Waals surface area contributed by atoms with Crippen LogP contribution in [-0.2, 0) is 0 Å². The molecule has 0 bridgehead atoms. The fourth-order valence-electron chi connectivity index (χ4n) is 2.07. The third kappa shape index (κ3) is 3.55. The van der Waals surface area contributed by atoms with Crippen molar-refractivity contribution >= 4 is 11.6 Å². The van der Waals surface area contributed by atoms with Crippen LogP contribution in [0.25, 0.3) is 0 Å². The van der Waals surface area contributed by atoms with E-state index in [0.29, 0.717) is 22.9 Å². The standard InChI is InChI=1S/C18H16N4O2/c1-13-5-7-16(12-20-13)24-17-8-6-14(10-21-17)18(23)22(2)15-4-3-9-19-11-15/h3-12H,1-2H3. The van der Waals surface area contributed by atoms with Crippen molar-refractivity contribution < 1.29 is 9.53 Å². The highest BCUT2D eigenvalue weighted by molar-refractivity contribution is 6.05. The Balaban J connectivity index is 1.72. The maximum Gasteiger partial charge on any atom is 0.259 e. The molecular formula is C18H16N4O2. The first-order chi connectivity index (χ1) is 11.6. The van der Waals surface area contributed by atoms with Gasteiger partial charge in [-0.2, -0.15) is 0 Å². The molecule has 0 aliphatic heterocycles. The average molecular weight is 320 g/mol. The molecule has 3 aromatic heterocycles. The summed E-state index contributed by atoms with van der Waals surface area (Å²) in [5.41, 5.74) is 2.10. The van der Waals surface area contributed by atoms with Crippen molar-refractivity contribution in [1.82, 2.24) is 15.0 Å². The summed E-state index contributed by atoms with van der Waals surface area (Å²) >= 11 is 0. The zero-order chi connectivity index (χ0) is 16.9. The van der Waals surface area contributed by atoms with Crippen LogP contribution in [0, 0.1) is 6.92 Å². The Hall–Kier alpha value is -3.28. The molecule has 0 fully saturated rings. The van der Waals surface area contributed by atoms with E-state index in [4.69, 9.17) is 4.74 Å². The Kier molecular flexibility index (Phi) is 4.47. The van der Waals surface area contributed by atoms with Crippen molar-refractivity contribution in [3.8, 4) is 11.6 Å². The lowest BCUT2D eigenvalue weighted by atomic mass is 10.2. The minimum atomic E-state index is -0.168. The molecule has 0 unspecified atom stereocenters. The number of carbonyl (C=O) groups excluding carboxylic acids is 1. The second-order valence-corrected chi connectivity index (χ2v) is 5.20. The van der Waals surface area contributed by atoms with Crippen molar-refractivity contribution in [3.63, 3.8) is 0 Å². The van der Waals surface area contributed by atoms with Gasteiger partial charge in [-0.1, -0.05) is 0 Å². The largest absolute Gasteiger partial charge is 0.437 e. The average Bonchev–Trinajstić information content (AvgIpc) is 2.64. The number of hydrogen-bond donors (Lipinski definition) is 0. The van der Waals surface area contributed by atoms with Gasteiger partial charge in [-0.05, 0) is 37.3 Å². The minimum Gasteiger partial charge on any atom is -0.437 e. The number of rotatable bonds is 4. The Labute approximate surface area is 139 Å². The number of aryl methyl sites for hydroxylation is 1. The number of carbonyl (C=O) groups is 1. The molecule has 0 spiro atoms. The maximum atomic E-state index is 12.5. The molecule has 24 heavy (non-hydrogen) atoms. The lowest BCUT2D eigenvalue weighted by Crippen LogP contribution is -2.26. The van der Waals surface area contributed by atoms with Gasteiger partial charge in [0, 0.05) is 31.2 Å². The summed E-state index contributed by atoms with van der Waals surface area (Å²) in [7, 11) is 1.70. The number of hydrogen-bond acceptors (Lipinski definition) is 5. The highest BCUT2D eigenvalue weighted by Crippen LogP contribution is 2.19. The topological polar surface area (TPSA) is 68.2 Å². The van der Waals surface area contributed by atoms with E-state index in [0.717, 1.165) is 5.69 Å². The SMILES string of the molecule is Cc1ccc(Oc2ccc(C(=O)N(C)c3cccnc3)cn2)cn1. The third-order valence-corrected chi connectivity index (χ3v) is 3.43. The van der Waals surface area contributed by atoms with Crippen LogP contribution in [0.3, 0.4) is 0 Å².